The number of anilines is 1. The second-order valence-electron chi connectivity index (χ2n) is 7.41. The summed E-state index contributed by atoms with van der Waals surface area (Å²) in [5, 5.41) is 13.0. The minimum atomic E-state index is -0.443. The van der Waals surface area contributed by atoms with E-state index in [1.807, 2.05) is 31.2 Å². The number of carbonyl (C=O) groups excluding carboxylic acids is 1. The summed E-state index contributed by atoms with van der Waals surface area (Å²) in [6, 6.07) is 13.7. The maximum absolute atomic E-state index is 13.7. The van der Waals surface area contributed by atoms with E-state index >= 15 is 0 Å². The molecule has 0 atom stereocenters. The van der Waals surface area contributed by atoms with Gasteiger partial charge in [-0.1, -0.05) is 29.0 Å². The first-order valence-electron chi connectivity index (χ1n) is 9.84. The van der Waals surface area contributed by atoms with Gasteiger partial charge in [0.2, 0.25) is 0 Å². The van der Waals surface area contributed by atoms with Gasteiger partial charge in [0.1, 0.15) is 0 Å². The van der Waals surface area contributed by atoms with Gasteiger partial charge in [-0.05, 0) is 48.4 Å². The first-order valence-corrected chi connectivity index (χ1v) is 11.9. The third-order valence-electron chi connectivity index (χ3n) is 5.10. The fourth-order valence-corrected chi connectivity index (χ4v) is 5.95. The fourth-order valence-electron chi connectivity index (χ4n) is 3.54. The van der Waals surface area contributed by atoms with Crippen molar-refractivity contribution in [2.75, 3.05) is 4.90 Å². The lowest BCUT2D eigenvalue weighted by Gasteiger charge is -2.19. The molecule has 0 fully saturated rings. The summed E-state index contributed by atoms with van der Waals surface area (Å²) in [4.78, 5) is 35.4. The Kier molecular flexibility index (Phi) is 5.53. The number of aryl methyl sites for hydroxylation is 1. The number of aromatic nitrogens is 2. The van der Waals surface area contributed by atoms with Crippen LogP contribution in [0.25, 0.3) is 20.3 Å². The lowest BCUT2D eigenvalue weighted by molar-refractivity contribution is -0.384. The Labute approximate surface area is 201 Å². The van der Waals surface area contributed by atoms with Crippen LogP contribution in [0.15, 0.2) is 60.9 Å². The molecule has 0 aliphatic rings. The second kappa shape index (κ2) is 8.51. The molecule has 7 nitrogen and oxygen atoms in total. The molecule has 0 unspecified atom stereocenters. The zero-order valence-corrected chi connectivity index (χ0v) is 19.6. The molecule has 0 aliphatic carbocycles. The van der Waals surface area contributed by atoms with Crippen LogP contribution in [0.1, 0.15) is 20.8 Å². The van der Waals surface area contributed by atoms with Crippen molar-refractivity contribution >= 4 is 71.3 Å². The van der Waals surface area contributed by atoms with Gasteiger partial charge < -0.3 is 0 Å². The number of hydrogen-bond acceptors (Lipinski definition) is 7. The molecule has 3 aromatic heterocycles. The third kappa shape index (κ3) is 4.18. The molecule has 0 aliphatic heterocycles. The number of fused-ring (bicyclic) bond motifs is 2. The zero-order chi connectivity index (χ0) is 23.1. The number of nitrogens with zero attached hydrogens (tertiary/aromatic N) is 4. The summed E-state index contributed by atoms with van der Waals surface area (Å²) >= 11 is 8.92. The normalized spacial score (nSPS) is 11.2. The first-order chi connectivity index (χ1) is 15.9. The number of thiophene rings is 1. The van der Waals surface area contributed by atoms with Gasteiger partial charge in [0.05, 0.1) is 26.6 Å². The summed E-state index contributed by atoms with van der Waals surface area (Å²) in [7, 11) is 0. The smallest absolute Gasteiger partial charge is 0.270 e. The van der Waals surface area contributed by atoms with Crippen LogP contribution in [0.2, 0.25) is 5.02 Å². The monoisotopic (exact) mass is 494 g/mol. The molecule has 164 valence electrons. The molecule has 2 aromatic carbocycles. The van der Waals surface area contributed by atoms with Crippen molar-refractivity contribution in [2.24, 2.45) is 0 Å². The molecular formula is C23H15ClN4O3S2. The van der Waals surface area contributed by atoms with E-state index < -0.39 is 4.92 Å². The molecule has 10 heteroatoms. The van der Waals surface area contributed by atoms with E-state index in [-0.39, 0.29) is 18.1 Å². The van der Waals surface area contributed by atoms with Crippen molar-refractivity contribution < 1.29 is 9.72 Å². The van der Waals surface area contributed by atoms with Crippen molar-refractivity contribution in [3.05, 3.63) is 92.1 Å². The highest BCUT2D eigenvalue weighted by atomic mass is 35.5. The van der Waals surface area contributed by atoms with Crippen LogP contribution in [-0.4, -0.2) is 20.8 Å². The van der Waals surface area contributed by atoms with Crippen LogP contribution in [0.5, 0.6) is 0 Å². The van der Waals surface area contributed by atoms with Crippen molar-refractivity contribution in [3.63, 3.8) is 0 Å². The molecule has 33 heavy (non-hydrogen) atoms. The van der Waals surface area contributed by atoms with Crippen molar-refractivity contribution in [2.45, 2.75) is 13.5 Å². The summed E-state index contributed by atoms with van der Waals surface area (Å²) in [6.45, 7) is 2.22. The Morgan fingerprint density at radius 2 is 2.00 bits per heavy atom. The Morgan fingerprint density at radius 3 is 2.76 bits per heavy atom. The van der Waals surface area contributed by atoms with Crippen molar-refractivity contribution in [1.29, 1.82) is 0 Å². The van der Waals surface area contributed by atoms with Crippen molar-refractivity contribution in [3.8, 4) is 0 Å². The molecular weight excluding hydrogens is 480 g/mol. The summed E-state index contributed by atoms with van der Waals surface area (Å²) in [6.07, 6.45) is 3.39. The fraction of sp³-hybridized carbons (Fsp3) is 0.0870. The number of non-ortho nitro benzene ring substituents is 1. The van der Waals surface area contributed by atoms with E-state index in [9.17, 15) is 14.9 Å². The number of amides is 1. The molecule has 0 radical (unpaired) electrons. The minimum absolute atomic E-state index is 0.00922. The van der Waals surface area contributed by atoms with Crippen LogP contribution in [0, 0.1) is 17.0 Å². The molecule has 5 rings (SSSR count). The summed E-state index contributed by atoms with van der Waals surface area (Å²) in [5.74, 6) is -0.231. The van der Waals surface area contributed by atoms with Gasteiger partial charge in [-0.3, -0.25) is 24.8 Å². The molecule has 0 bridgehead atoms. The molecule has 3 heterocycles. The van der Waals surface area contributed by atoms with Gasteiger partial charge >= 0.3 is 0 Å². The van der Waals surface area contributed by atoms with Crippen LogP contribution >= 0.6 is 34.3 Å². The third-order valence-corrected chi connectivity index (χ3v) is 7.45. The van der Waals surface area contributed by atoms with E-state index in [0.29, 0.717) is 20.4 Å². The lowest BCUT2D eigenvalue weighted by atomic mass is 10.2. The maximum Gasteiger partial charge on any atom is 0.270 e. The largest absolute Gasteiger partial charge is 0.279 e. The van der Waals surface area contributed by atoms with E-state index in [2.05, 4.69) is 4.98 Å². The maximum atomic E-state index is 13.7. The van der Waals surface area contributed by atoms with Crippen LogP contribution in [0.3, 0.4) is 0 Å². The average Bonchev–Trinajstić information content (AvgIpc) is 3.41. The standard InChI is InChI=1S/C23H15ClN4O3S2/c1-13-7-16(24)10-19-21(13)26-23(33-19)27(12-14-3-2-6-25-11-14)22(29)20-9-15-8-17(28(30)31)4-5-18(15)32-20/h2-11H,12H2,1H3. The van der Waals surface area contributed by atoms with E-state index in [1.165, 1.54) is 34.8 Å². The van der Waals surface area contributed by atoms with Gasteiger partial charge in [0, 0.05) is 39.6 Å². The number of benzene rings is 2. The number of hydrogen-bond donors (Lipinski definition) is 0. The first kappa shape index (κ1) is 21.4. The highest BCUT2D eigenvalue weighted by molar-refractivity contribution is 7.23. The number of nitro groups is 1. The predicted molar refractivity (Wildman–Crippen MR) is 133 cm³/mol. The number of pyridine rings is 1. The summed E-state index contributed by atoms with van der Waals surface area (Å²) in [5.41, 5.74) is 2.58. The van der Waals surface area contributed by atoms with Crippen LogP contribution < -0.4 is 4.90 Å². The van der Waals surface area contributed by atoms with Gasteiger partial charge in [0.15, 0.2) is 5.13 Å². The molecule has 0 saturated carbocycles. The number of thiazole rings is 1. The topological polar surface area (TPSA) is 89.2 Å². The Morgan fingerprint density at radius 1 is 1.15 bits per heavy atom. The number of nitro benzene ring substituents is 1. The lowest BCUT2D eigenvalue weighted by Crippen LogP contribution is -2.29. The average molecular weight is 495 g/mol. The highest BCUT2D eigenvalue weighted by Gasteiger charge is 2.24. The SMILES string of the molecule is Cc1cc(Cl)cc2sc(N(Cc3cccnc3)C(=O)c3cc4cc([N+](=O)[O-])ccc4s3)nc12. The zero-order valence-electron chi connectivity index (χ0n) is 17.2. The van der Waals surface area contributed by atoms with Gasteiger partial charge in [-0.25, -0.2) is 4.98 Å². The molecule has 5 aromatic rings. The molecule has 0 spiro atoms. The Bertz CT molecular complexity index is 1530. The number of halogens is 1. The minimum Gasteiger partial charge on any atom is -0.279 e. The van der Waals surface area contributed by atoms with Gasteiger partial charge in [-0.2, -0.15) is 0 Å². The second-order valence-corrected chi connectivity index (χ2v) is 9.94. The van der Waals surface area contributed by atoms with Crippen molar-refractivity contribution in [1.82, 2.24) is 9.97 Å². The molecule has 0 N–H and O–H groups in total. The Balaban J connectivity index is 1.59. The van der Waals surface area contributed by atoms with Gasteiger partial charge in [-0.15, -0.1) is 11.3 Å². The van der Waals surface area contributed by atoms with E-state index in [4.69, 9.17) is 16.6 Å². The predicted octanol–water partition coefficient (Wildman–Crippen LogP) is 6.62. The molecule has 1 amide bonds. The number of rotatable bonds is 5. The van der Waals surface area contributed by atoms with E-state index in [0.717, 1.165) is 26.0 Å². The van der Waals surface area contributed by atoms with E-state index in [1.54, 1.807) is 29.4 Å². The van der Waals surface area contributed by atoms with Gasteiger partial charge in [0.25, 0.3) is 11.6 Å². The van der Waals surface area contributed by atoms with Crippen LogP contribution in [-0.2, 0) is 6.54 Å². The highest BCUT2D eigenvalue weighted by Crippen LogP contribution is 2.36. The van der Waals surface area contributed by atoms with Crippen LogP contribution in [0.4, 0.5) is 10.8 Å². The quantitative estimate of drug-likeness (QED) is 0.202. The molecule has 0 saturated heterocycles. The Hall–Kier alpha value is -3.40. The summed E-state index contributed by atoms with van der Waals surface area (Å²) < 4.78 is 1.70. The number of carbonyl (C=O) groups is 1.